The van der Waals surface area contributed by atoms with E-state index >= 15 is 0 Å². The quantitative estimate of drug-likeness (QED) is 0.688. The van der Waals surface area contributed by atoms with E-state index in [1.807, 2.05) is 43.5 Å². The van der Waals surface area contributed by atoms with Gasteiger partial charge in [-0.1, -0.05) is 11.6 Å². The van der Waals surface area contributed by atoms with Gasteiger partial charge in [0.05, 0.1) is 12.8 Å². The summed E-state index contributed by atoms with van der Waals surface area (Å²) in [7, 11) is 0. The standard InChI is InChI=1S/C17H16ClN2O/c1-2-21-15-6-3-13(4-7-15)12-20-10-9-19-16-11-14(18)5-8-17(16)20/h3-11H,2,12H2,1H3/q+1. The Balaban J connectivity index is 1.90. The van der Waals surface area contributed by atoms with Gasteiger partial charge in [0.1, 0.15) is 11.3 Å². The molecule has 0 spiro atoms. The highest BCUT2D eigenvalue weighted by Crippen LogP contribution is 2.15. The fourth-order valence-electron chi connectivity index (χ4n) is 2.31. The van der Waals surface area contributed by atoms with E-state index in [2.05, 4.69) is 21.7 Å². The van der Waals surface area contributed by atoms with Crippen molar-refractivity contribution in [3.05, 3.63) is 65.4 Å². The maximum absolute atomic E-state index is 6.02. The summed E-state index contributed by atoms with van der Waals surface area (Å²) < 4.78 is 7.62. The molecular formula is C17H16ClN2O+. The minimum absolute atomic E-state index is 0.684. The van der Waals surface area contributed by atoms with Crippen molar-refractivity contribution >= 4 is 22.6 Å². The van der Waals surface area contributed by atoms with Gasteiger partial charge in [-0.25, -0.2) is 4.98 Å². The zero-order chi connectivity index (χ0) is 14.7. The highest BCUT2D eigenvalue weighted by Gasteiger charge is 2.10. The Morgan fingerprint density at radius 3 is 2.71 bits per heavy atom. The SMILES string of the molecule is CCOc1ccc(C[n+]2ccnc3cc(Cl)ccc32)cc1. The number of fused-ring (bicyclic) bond motifs is 1. The zero-order valence-electron chi connectivity index (χ0n) is 11.8. The topological polar surface area (TPSA) is 26.0 Å². The Kier molecular flexibility index (Phi) is 4.02. The molecule has 3 nitrogen and oxygen atoms in total. The molecular weight excluding hydrogens is 284 g/mol. The predicted octanol–water partition coefficient (Wildman–Crippen LogP) is 3.62. The third-order valence-corrected chi connectivity index (χ3v) is 3.53. The minimum atomic E-state index is 0.684. The molecule has 0 aliphatic rings. The van der Waals surface area contributed by atoms with E-state index in [9.17, 15) is 0 Å². The first-order chi connectivity index (χ1) is 10.3. The lowest BCUT2D eigenvalue weighted by Gasteiger charge is -2.04. The molecule has 0 atom stereocenters. The summed E-state index contributed by atoms with van der Waals surface area (Å²) in [5, 5.41) is 0.703. The van der Waals surface area contributed by atoms with Gasteiger partial charge in [-0.15, -0.1) is 0 Å². The number of aromatic nitrogens is 2. The predicted molar refractivity (Wildman–Crippen MR) is 83.7 cm³/mol. The van der Waals surface area contributed by atoms with E-state index in [0.717, 1.165) is 23.3 Å². The summed E-state index contributed by atoms with van der Waals surface area (Å²) in [4.78, 5) is 4.36. The van der Waals surface area contributed by atoms with Crippen molar-refractivity contribution in [3.63, 3.8) is 0 Å². The van der Waals surface area contributed by atoms with Gasteiger partial charge in [-0.2, -0.15) is 4.57 Å². The van der Waals surface area contributed by atoms with Crippen LogP contribution in [-0.2, 0) is 6.54 Å². The van der Waals surface area contributed by atoms with Gasteiger partial charge in [0.2, 0.25) is 5.52 Å². The van der Waals surface area contributed by atoms with Crippen LogP contribution in [0.25, 0.3) is 11.0 Å². The van der Waals surface area contributed by atoms with Crippen LogP contribution in [0.3, 0.4) is 0 Å². The number of ether oxygens (including phenoxy) is 1. The normalized spacial score (nSPS) is 10.8. The van der Waals surface area contributed by atoms with Gasteiger partial charge in [-0.05, 0) is 43.3 Å². The summed E-state index contributed by atoms with van der Waals surface area (Å²) in [5.41, 5.74) is 3.18. The lowest BCUT2D eigenvalue weighted by Crippen LogP contribution is -2.34. The van der Waals surface area contributed by atoms with Gasteiger partial charge in [0.25, 0.3) is 0 Å². The van der Waals surface area contributed by atoms with Crippen LogP contribution in [0, 0.1) is 0 Å². The van der Waals surface area contributed by atoms with Crippen molar-refractivity contribution in [2.24, 2.45) is 0 Å². The van der Waals surface area contributed by atoms with Gasteiger partial charge in [0.15, 0.2) is 12.7 Å². The van der Waals surface area contributed by atoms with Crippen LogP contribution in [0.15, 0.2) is 54.9 Å². The number of benzene rings is 2. The number of rotatable bonds is 4. The second-order valence-electron chi connectivity index (χ2n) is 4.77. The summed E-state index contributed by atoms with van der Waals surface area (Å²) in [6, 6.07) is 13.9. The van der Waals surface area contributed by atoms with Gasteiger partial charge in [0, 0.05) is 16.7 Å². The van der Waals surface area contributed by atoms with Crippen LogP contribution in [0.5, 0.6) is 5.75 Å². The van der Waals surface area contributed by atoms with E-state index in [1.165, 1.54) is 5.56 Å². The third-order valence-electron chi connectivity index (χ3n) is 3.29. The molecule has 0 N–H and O–H groups in total. The second kappa shape index (κ2) is 6.10. The summed E-state index contributed by atoms with van der Waals surface area (Å²) in [6.07, 6.45) is 3.78. The summed E-state index contributed by atoms with van der Waals surface area (Å²) in [5.74, 6) is 0.901. The number of halogens is 1. The molecule has 0 fully saturated rings. The van der Waals surface area contributed by atoms with Crippen LogP contribution in [0.2, 0.25) is 5.02 Å². The Labute approximate surface area is 128 Å². The molecule has 0 radical (unpaired) electrons. The van der Waals surface area contributed by atoms with Crippen molar-refractivity contribution in [2.45, 2.75) is 13.5 Å². The lowest BCUT2D eigenvalue weighted by molar-refractivity contribution is -0.662. The molecule has 0 saturated carbocycles. The molecule has 0 amide bonds. The maximum atomic E-state index is 6.02. The van der Waals surface area contributed by atoms with E-state index in [0.29, 0.717) is 11.6 Å². The van der Waals surface area contributed by atoms with Crippen LogP contribution in [0.1, 0.15) is 12.5 Å². The molecule has 3 rings (SSSR count). The Morgan fingerprint density at radius 2 is 1.95 bits per heavy atom. The van der Waals surface area contributed by atoms with Crippen molar-refractivity contribution in [1.29, 1.82) is 0 Å². The smallest absolute Gasteiger partial charge is 0.231 e. The average Bonchev–Trinajstić information content (AvgIpc) is 2.49. The van der Waals surface area contributed by atoms with Crippen molar-refractivity contribution in [1.82, 2.24) is 4.98 Å². The number of hydrogen-bond acceptors (Lipinski definition) is 2. The van der Waals surface area contributed by atoms with Crippen molar-refractivity contribution in [2.75, 3.05) is 6.61 Å². The van der Waals surface area contributed by atoms with Crippen molar-refractivity contribution in [3.8, 4) is 5.75 Å². The minimum Gasteiger partial charge on any atom is -0.494 e. The molecule has 2 aromatic carbocycles. The molecule has 0 unspecified atom stereocenters. The van der Waals surface area contributed by atoms with E-state index < -0.39 is 0 Å². The van der Waals surface area contributed by atoms with Gasteiger partial charge < -0.3 is 4.74 Å². The van der Waals surface area contributed by atoms with Crippen LogP contribution in [0.4, 0.5) is 0 Å². The first-order valence-corrected chi connectivity index (χ1v) is 7.29. The monoisotopic (exact) mass is 299 g/mol. The molecule has 106 valence electrons. The van der Waals surface area contributed by atoms with Gasteiger partial charge in [-0.3, -0.25) is 0 Å². The van der Waals surface area contributed by atoms with Crippen LogP contribution < -0.4 is 9.30 Å². The molecule has 1 heterocycles. The first kappa shape index (κ1) is 13.8. The Hall–Kier alpha value is -2.13. The third kappa shape index (κ3) is 3.14. The fraction of sp³-hybridized carbons (Fsp3) is 0.176. The van der Waals surface area contributed by atoms with E-state index in [1.54, 1.807) is 6.20 Å². The van der Waals surface area contributed by atoms with Crippen molar-refractivity contribution < 1.29 is 9.30 Å². The summed E-state index contributed by atoms with van der Waals surface area (Å²) in [6.45, 7) is 3.45. The zero-order valence-corrected chi connectivity index (χ0v) is 12.5. The maximum Gasteiger partial charge on any atom is 0.231 e. The Morgan fingerprint density at radius 1 is 1.14 bits per heavy atom. The van der Waals surface area contributed by atoms with Crippen LogP contribution >= 0.6 is 11.6 Å². The highest BCUT2D eigenvalue weighted by molar-refractivity contribution is 6.31. The van der Waals surface area contributed by atoms with E-state index in [4.69, 9.17) is 16.3 Å². The van der Waals surface area contributed by atoms with Crippen LogP contribution in [-0.4, -0.2) is 11.6 Å². The molecule has 3 aromatic rings. The Bertz CT molecular complexity index is 756. The molecule has 0 bridgehead atoms. The molecule has 0 aliphatic heterocycles. The molecule has 21 heavy (non-hydrogen) atoms. The summed E-state index contributed by atoms with van der Waals surface area (Å²) >= 11 is 6.02. The average molecular weight is 300 g/mol. The highest BCUT2D eigenvalue weighted by atomic mass is 35.5. The van der Waals surface area contributed by atoms with Gasteiger partial charge >= 0.3 is 0 Å². The molecule has 0 aliphatic carbocycles. The first-order valence-electron chi connectivity index (χ1n) is 6.92. The molecule has 1 aromatic heterocycles. The number of hydrogen-bond donors (Lipinski definition) is 0. The number of nitrogens with zero attached hydrogens (tertiary/aromatic N) is 2. The fourth-order valence-corrected chi connectivity index (χ4v) is 2.48. The largest absolute Gasteiger partial charge is 0.494 e. The molecule has 0 saturated heterocycles. The molecule has 4 heteroatoms. The second-order valence-corrected chi connectivity index (χ2v) is 5.20. The van der Waals surface area contributed by atoms with E-state index in [-0.39, 0.29) is 0 Å². The lowest BCUT2D eigenvalue weighted by atomic mass is 10.2.